The van der Waals surface area contributed by atoms with Crippen LogP contribution >= 0.6 is 11.3 Å². The van der Waals surface area contributed by atoms with Gasteiger partial charge in [0.1, 0.15) is 11.3 Å². The highest BCUT2D eigenvalue weighted by Crippen LogP contribution is 2.30. The zero-order valence-electron chi connectivity index (χ0n) is 18.9. The second-order valence-electron chi connectivity index (χ2n) is 8.08. The molecule has 0 amide bonds. The number of thiazole rings is 1. The van der Waals surface area contributed by atoms with Crippen molar-refractivity contribution in [3.8, 4) is 11.5 Å². The maximum atomic E-state index is 13.2. The molecule has 35 heavy (non-hydrogen) atoms. The van der Waals surface area contributed by atoms with E-state index in [4.69, 9.17) is 9.41 Å². The molecule has 2 heterocycles. The standard InChI is InChI=1S/C27H20F3N3OS/c1-17-7-5-8-18(2)25(17)32-26-33(31-15-19-9-6-11-21(13-19)27(28,29)30)22(16-35-26)24-14-20-10-3-4-12-23(20)34-24/h3-16H,1-2H3/b31-15+,32-26?. The number of nitrogens with zero attached hydrogens (tertiary/aromatic N) is 3. The van der Waals surface area contributed by atoms with E-state index in [-0.39, 0.29) is 0 Å². The van der Waals surface area contributed by atoms with E-state index in [0.29, 0.717) is 21.8 Å². The summed E-state index contributed by atoms with van der Waals surface area (Å²) in [5.41, 5.74) is 3.83. The third-order valence-corrected chi connectivity index (χ3v) is 6.36. The Morgan fingerprint density at radius 1 is 0.914 bits per heavy atom. The van der Waals surface area contributed by atoms with E-state index in [1.165, 1.54) is 23.6 Å². The van der Waals surface area contributed by atoms with Crippen LogP contribution in [0.4, 0.5) is 18.9 Å². The van der Waals surface area contributed by atoms with Crippen molar-refractivity contribution in [3.05, 3.63) is 105 Å². The second kappa shape index (κ2) is 9.03. The van der Waals surface area contributed by atoms with Crippen LogP contribution in [0.3, 0.4) is 0 Å². The van der Waals surface area contributed by atoms with Crippen molar-refractivity contribution >= 4 is 34.2 Å². The Morgan fingerprint density at radius 3 is 2.40 bits per heavy atom. The molecule has 0 aliphatic heterocycles. The van der Waals surface area contributed by atoms with Gasteiger partial charge in [-0.1, -0.05) is 48.5 Å². The molecule has 0 radical (unpaired) electrons. The summed E-state index contributed by atoms with van der Waals surface area (Å²) in [5.74, 6) is 0.589. The number of halogens is 3. The number of aryl methyl sites for hydroxylation is 2. The van der Waals surface area contributed by atoms with Crippen molar-refractivity contribution in [1.82, 2.24) is 4.68 Å². The Morgan fingerprint density at radius 2 is 1.66 bits per heavy atom. The molecular weight excluding hydrogens is 471 g/mol. The fraction of sp³-hybridized carbons (Fsp3) is 0.111. The number of benzene rings is 3. The van der Waals surface area contributed by atoms with Gasteiger partial charge in [0.2, 0.25) is 4.80 Å². The van der Waals surface area contributed by atoms with E-state index in [2.05, 4.69) is 5.10 Å². The molecule has 0 aliphatic rings. The molecule has 0 spiro atoms. The first kappa shape index (κ1) is 22.9. The van der Waals surface area contributed by atoms with E-state index in [0.717, 1.165) is 39.9 Å². The summed E-state index contributed by atoms with van der Waals surface area (Å²) in [6.45, 7) is 3.96. The SMILES string of the molecule is Cc1cccc(C)c1N=c1scc(-c2cc3ccccc3o2)n1/N=C/c1cccc(C(F)(F)F)c1. The monoisotopic (exact) mass is 491 g/mol. The second-order valence-corrected chi connectivity index (χ2v) is 8.92. The Bertz CT molecular complexity index is 1570. The van der Waals surface area contributed by atoms with Gasteiger partial charge in [-0.05, 0) is 54.8 Å². The van der Waals surface area contributed by atoms with Gasteiger partial charge < -0.3 is 4.42 Å². The first-order valence-corrected chi connectivity index (χ1v) is 11.7. The van der Waals surface area contributed by atoms with Gasteiger partial charge in [-0.2, -0.15) is 18.3 Å². The molecule has 0 unspecified atom stereocenters. The zero-order valence-corrected chi connectivity index (χ0v) is 19.7. The van der Waals surface area contributed by atoms with Crippen LogP contribution in [0.5, 0.6) is 0 Å². The van der Waals surface area contributed by atoms with Crippen LogP contribution in [0.2, 0.25) is 0 Å². The Hall–Kier alpha value is -3.91. The lowest BCUT2D eigenvalue weighted by Crippen LogP contribution is -2.12. The smallest absolute Gasteiger partial charge is 0.416 e. The number of hydrogen-bond donors (Lipinski definition) is 0. The molecule has 5 rings (SSSR count). The van der Waals surface area contributed by atoms with Crippen LogP contribution in [-0.4, -0.2) is 10.9 Å². The van der Waals surface area contributed by atoms with Crippen LogP contribution in [0, 0.1) is 13.8 Å². The van der Waals surface area contributed by atoms with E-state index < -0.39 is 11.7 Å². The third-order valence-electron chi connectivity index (χ3n) is 5.55. The summed E-state index contributed by atoms with van der Waals surface area (Å²) in [6, 6.07) is 20.5. The largest absolute Gasteiger partial charge is 0.454 e. The van der Waals surface area contributed by atoms with Gasteiger partial charge in [0.05, 0.1) is 17.5 Å². The van der Waals surface area contributed by atoms with Gasteiger partial charge in [-0.15, -0.1) is 11.3 Å². The Balaban J connectivity index is 1.67. The van der Waals surface area contributed by atoms with Crippen LogP contribution < -0.4 is 4.80 Å². The molecule has 0 saturated carbocycles. The normalized spacial score (nSPS) is 12.8. The van der Waals surface area contributed by atoms with Crippen LogP contribution in [0.15, 0.2) is 92.7 Å². The van der Waals surface area contributed by atoms with Crippen molar-refractivity contribution in [3.63, 3.8) is 0 Å². The molecule has 0 aliphatic carbocycles. The van der Waals surface area contributed by atoms with Crippen molar-refractivity contribution in [2.24, 2.45) is 10.1 Å². The topological polar surface area (TPSA) is 42.8 Å². The van der Waals surface area contributed by atoms with Crippen LogP contribution in [-0.2, 0) is 6.18 Å². The number of alkyl halides is 3. The first-order valence-electron chi connectivity index (χ1n) is 10.8. The Kier molecular flexibility index (Phi) is 5.90. The van der Waals surface area contributed by atoms with Gasteiger partial charge in [0, 0.05) is 10.8 Å². The first-order chi connectivity index (χ1) is 16.8. The van der Waals surface area contributed by atoms with Gasteiger partial charge in [0.15, 0.2) is 5.76 Å². The highest BCUT2D eigenvalue weighted by molar-refractivity contribution is 7.07. The molecule has 5 aromatic rings. The van der Waals surface area contributed by atoms with Crippen molar-refractivity contribution in [2.45, 2.75) is 20.0 Å². The lowest BCUT2D eigenvalue weighted by Gasteiger charge is -2.07. The number of furan rings is 1. The molecule has 0 fully saturated rings. The number of fused-ring (bicyclic) bond motifs is 1. The summed E-state index contributed by atoms with van der Waals surface area (Å²) in [4.78, 5) is 5.43. The predicted molar refractivity (Wildman–Crippen MR) is 133 cm³/mol. The molecule has 0 bridgehead atoms. The van der Waals surface area contributed by atoms with Gasteiger partial charge in [-0.25, -0.2) is 9.67 Å². The lowest BCUT2D eigenvalue weighted by atomic mass is 10.1. The number of para-hydroxylation sites is 2. The molecule has 176 valence electrons. The fourth-order valence-corrected chi connectivity index (χ4v) is 4.59. The van der Waals surface area contributed by atoms with Crippen LogP contribution in [0.1, 0.15) is 22.3 Å². The van der Waals surface area contributed by atoms with Gasteiger partial charge >= 0.3 is 6.18 Å². The lowest BCUT2D eigenvalue weighted by molar-refractivity contribution is -0.137. The minimum absolute atomic E-state index is 0.326. The quantitative estimate of drug-likeness (QED) is 0.237. The van der Waals surface area contributed by atoms with E-state index >= 15 is 0 Å². The predicted octanol–water partition coefficient (Wildman–Crippen LogP) is 7.71. The molecule has 0 N–H and O–H groups in total. The maximum absolute atomic E-state index is 13.2. The average molecular weight is 492 g/mol. The number of rotatable bonds is 4. The summed E-state index contributed by atoms with van der Waals surface area (Å²) < 4.78 is 47.2. The summed E-state index contributed by atoms with van der Waals surface area (Å²) >= 11 is 1.38. The maximum Gasteiger partial charge on any atom is 0.416 e. The van der Waals surface area contributed by atoms with Crippen LogP contribution in [0.25, 0.3) is 22.4 Å². The van der Waals surface area contributed by atoms with Crippen molar-refractivity contribution < 1.29 is 17.6 Å². The number of aromatic nitrogens is 1. The minimum atomic E-state index is -4.43. The average Bonchev–Trinajstić information content (AvgIpc) is 3.43. The molecule has 4 nitrogen and oxygen atoms in total. The molecule has 0 atom stereocenters. The third kappa shape index (κ3) is 4.70. The molecule has 3 aromatic carbocycles. The van der Waals surface area contributed by atoms with E-state index in [1.54, 1.807) is 10.7 Å². The summed E-state index contributed by atoms with van der Waals surface area (Å²) in [5, 5.41) is 7.37. The summed E-state index contributed by atoms with van der Waals surface area (Å²) in [7, 11) is 0. The fourth-order valence-electron chi connectivity index (χ4n) is 3.76. The van der Waals surface area contributed by atoms with E-state index in [9.17, 15) is 13.2 Å². The molecule has 8 heteroatoms. The van der Waals surface area contributed by atoms with Gasteiger partial charge in [0.25, 0.3) is 0 Å². The minimum Gasteiger partial charge on any atom is -0.454 e. The molecule has 2 aromatic heterocycles. The Labute approximate surface area is 203 Å². The van der Waals surface area contributed by atoms with Crippen molar-refractivity contribution in [2.75, 3.05) is 0 Å². The zero-order chi connectivity index (χ0) is 24.6. The van der Waals surface area contributed by atoms with E-state index in [1.807, 2.05) is 67.8 Å². The van der Waals surface area contributed by atoms with Gasteiger partial charge in [-0.3, -0.25) is 0 Å². The molecular formula is C27H20F3N3OS. The summed E-state index contributed by atoms with van der Waals surface area (Å²) in [6.07, 6.45) is -3.03. The van der Waals surface area contributed by atoms with Crippen molar-refractivity contribution in [1.29, 1.82) is 0 Å². The highest BCUT2D eigenvalue weighted by atomic mass is 32.1. The molecule has 0 saturated heterocycles. The highest BCUT2D eigenvalue weighted by Gasteiger charge is 2.30. The number of hydrogen-bond acceptors (Lipinski definition) is 4.